The molecule has 1 fully saturated rings. The summed E-state index contributed by atoms with van der Waals surface area (Å²) in [6.45, 7) is 9.82. The number of hydrogen-bond acceptors (Lipinski definition) is 5. The van der Waals surface area contributed by atoms with Crippen molar-refractivity contribution < 1.29 is 29.3 Å². The van der Waals surface area contributed by atoms with E-state index in [4.69, 9.17) is 0 Å². The Labute approximate surface area is 266 Å². The molecule has 0 saturated carbocycles. The van der Waals surface area contributed by atoms with Gasteiger partial charge in [0.15, 0.2) is 0 Å². The summed E-state index contributed by atoms with van der Waals surface area (Å²) in [6.07, 6.45) is -2.04. The van der Waals surface area contributed by atoms with Crippen LogP contribution in [0.2, 0.25) is 0 Å². The van der Waals surface area contributed by atoms with Crippen LogP contribution in [-0.4, -0.2) is 56.9 Å². The molecule has 242 valence electrons. The molecule has 4 rings (SSSR count). The Hall–Kier alpha value is -3.59. The lowest BCUT2D eigenvalue weighted by atomic mass is 9.76. The number of aliphatic hydroxyl groups is 2. The fourth-order valence-corrected chi connectivity index (χ4v) is 7.22. The number of likely N-dealkylation sites (tertiary alicyclic amines) is 1. The summed E-state index contributed by atoms with van der Waals surface area (Å²) < 4.78 is 14.1. The molecule has 7 atom stereocenters. The monoisotopic (exact) mass is 618 g/mol. The lowest BCUT2D eigenvalue weighted by molar-refractivity contribution is -0.152. The van der Waals surface area contributed by atoms with Gasteiger partial charge in [0.1, 0.15) is 5.82 Å². The number of benzene rings is 3. The molecule has 7 nitrogen and oxygen atoms in total. The Bertz CT molecular complexity index is 1390. The minimum atomic E-state index is -1.23. The van der Waals surface area contributed by atoms with E-state index in [0.29, 0.717) is 12.2 Å². The predicted octanol–water partition coefficient (Wildman–Crippen LogP) is 6.49. The number of aliphatic carboxylic acids is 1. The van der Waals surface area contributed by atoms with E-state index >= 15 is 0 Å². The summed E-state index contributed by atoms with van der Waals surface area (Å²) in [5, 5.41) is 34.9. The lowest BCUT2D eigenvalue weighted by Crippen LogP contribution is -2.44. The molecule has 1 amide bonds. The van der Waals surface area contributed by atoms with Crippen molar-refractivity contribution in [3.8, 4) is 0 Å². The Morgan fingerprint density at radius 2 is 1.47 bits per heavy atom. The Morgan fingerprint density at radius 3 is 2.00 bits per heavy atom. The zero-order chi connectivity index (χ0) is 32.9. The van der Waals surface area contributed by atoms with Crippen molar-refractivity contribution in [3.05, 3.63) is 102 Å². The normalized spacial score (nSPS) is 22.6. The molecule has 3 aromatic carbocycles. The van der Waals surface area contributed by atoms with Crippen LogP contribution < -0.4 is 5.32 Å². The van der Waals surface area contributed by atoms with Gasteiger partial charge in [-0.1, -0.05) is 95.3 Å². The summed E-state index contributed by atoms with van der Waals surface area (Å²) in [5.74, 6) is -3.34. The van der Waals surface area contributed by atoms with Gasteiger partial charge >= 0.3 is 5.97 Å². The predicted molar refractivity (Wildman–Crippen MR) is 174 cm³/mol. The molecular weight excluding hydrogens is 571 g/mol. The van der Waals surface area contributed by atoms with Crippen LogP contribution in [0, 0.1) is 29.0 Å². The van der Waals surface area contributed by atoms with Gasteiger partial charge in [-0.2, -0.15) is 0 Å². The number of nitrogens with zero attached hydrogens (tertiary/aromatic N) is 1. The first-order valence-corrected chi connectivity index (χ1v) is 15.8. The number of anilines is 1. The van der Waals surface area contributed by atoms with E-state index < -0.39 is 35.4 Å². The van der Waals surface area contributed by atoms with Gasteiger partial charge in [-0.15, -0.1) is 0 Å². The second-order valence-electron chi connectivity index (χ2n) is 13.7. The maximum Gasteiger partial charge on any atom is 0.309 e. The highest BCUT2D eigenvalue weighted by molar-refractivity contribution is 5.94. The largest absolute Gasteiger partial charge is 0.481 e. The summed E-state index contributed by atoms with van der Waals surface area (Å²) in [4.78, 5) is 28.5. The lowest BCUT2D eigenvalue weighted by Gasteiger charge is -2.35. The van der Waals surface area contributed by atoms with Gasteiger partial charge in [-0.05, 0) is 53.1 Å². The van der Waals surface area contributed by atoms with Gasteiger partial charge < -0.3 is 20.6 Å². The first kappa shape index (κ1) is 34.3. The third-order valence-electron chi connectivity index (χ3n) is 9.08. The number of rotatable bonds is 12. The summed E-state index contributed by atoms with van der Waals surface area (Å²) in [6, 6.07) is 25.1. The minimum Gasteiger partial charge on any atom is -0.481 e. The second kappa shape index (κ2) is 14.7. The molecule has 1 heterocycles. The van der Waals surface area contributed by atoms with Crippen LogP contribution in [0.4, 0.5) is 10.1 Å². The van der Waals surface area contributed by atoms with E-state index in [1.54, 1.807) is 32.9 Å². The molecule has 4 N–H and O–H groups in total. The highest BCUT2D eigenvalue weighted by Crippen LogP contribution is 2.53. The molecule has 5 unspecified atom stereocenters. The standard InChI is InChI=1S/C37H47FN2O5/c1-23(2)33-31(35(43)39-27-14-10-7-11-15-27)30(24-12-8-6-9-13-24)34(25-16-18-26(38)19-17-25)40(33)21-20-28(41)22-29(42)32(36(44)45)37(3,4)5/h6-19,23,28-34,41-42H,20-22H2,1-5H3,(H,39,43)(H,44,45)/t28-,29-,30?,31?,32?,33?,34?/m1/s1. The third kappa shape index (κ3) is 8.17. The van der Waals surface area contributed by atoms with Crippen LogP contribution in [0.1, 0.15) is 70.5 Å². The first-order valence-electron chi connectivity index (χ1n) is 15.8. The number of carbonyl (C=O) groups excluding carboxylic acids is 1. The van der Waals surface area contributed by atoms with Crippen LogP contribution in [0.3, 0.4) is 0 Å². The molecule has 1 aliphatic rings. The van der Waals surface area contributed by atoms with Crippen molar-refractivity contribution in [1.29, 1.82) is 0 Å². The van der Waals surface area contributed by atoms with E-state index in [1.165, 1.54) is 12.1 Å². The number of nitrogens with one attached hydrogen (secondary N) is 1. The Balaban J connectivity index is 1.72. The molecule has 0 spiro atoms. The number of halogens is 1. The Kier molecular flexibility index (Phi) is 11.2. The van der Waals surface area contributed by atoms with E-state index in [2.05, 4.69) is 24.1 Å². The first-order chi connectivity index (χ1) is 21.3. The van der Waals surface area contributed by atoms with Crippen molar-refractivity contribution >= 4 is 17.6 Å². The maximum absolute atomic E-state index is 14.3. The zero-order valence-corrected chi connectivity index (χ0v) is 26.8. The SMILES string of the molecule is CC(C)C1C(C(=O)Nc2ccccc2)C(c2ccccc2)C(c2ccc(F)cc2)N1CC[C@@H](O)C[C@@H](O)C(C(=O)O)C(C)(C)C. The number of para-hydroxylation sites is 1. The molecule has 8 heteroatoms. The van der Waals surface area contributed by atoms with Crippen molar-refractivity contribution in [2.45, 2.75) is 77.7 Å². The van der Waals surface area contributed by atoms with Crippen LogP contribution in [0.5, 0.6) is 0 Å². The van der Waals surface area contributed by atoms with E-state index in [1.807, 2.05) is 60.7 Å². The molecule has 45 heavy (non-hydrogen) atoms. The number of amides is 1. The van der Waals surface area contributed by atoms with Gasteiger partial charge in [0.25, 0.3) is 0 Å². The number of hydrogen-bond donors (Lipinski definition) is 4. The second-order valence-corrected chi connectivity index (χ2v) is 13.7. The molecular formula is C37H47FN2O5. The summed E-state index contributed by atoms with van der Waals surface area (Å²) >= 11 is 0. The van der Waals surface area contributed by atoms with Crippen LogP contribution in [0.25, 0.3) is 0 Å². The van der Waals surface area contributed by atoms with Gasteiger partial charge in [0, 0.05) is 36.7 Å². The van der Waals surface area contributed by atoms with Gasteiger partial charge in [-0.3, -0.25) is 14.5 Å². The fraction of sp³-hybridized carbons (Fsp3) is 0.459. The maximum atomic E-state index is 14.3. The zero-order valence-electron chi connectivity index (χ0n) is 26.8. The topological polar surface area (TPSA) is 110 Å². The molecule has 0 bridgehead atoms. The van der Waals surface area contributed by atoms with Crippen molar-refractivity contribution in [2.75, 3.05) is 11.9 Å². The highest BCUT2D eigenvalue weighted by Gasteiger charge is 2.53. The average Bonchev–Trinajstić information content (AvgIpc) is 3.32. The molecule has 1 aliphatic heterocycles. The summed E-state index contributed by atoms with van der Waals surface area (Å²) in [7, 11) is 0. The quantitative estimate of drug-likeness (QED) is 0.185. The number of carboxylic acids is 1. The molecule has 0 radical (unpaired) electrons. The van der Waals surface area contributed by atoms with E-state index in [9.17, 15) is 29.3 Å². The van der Waals surface area contributed by atoms with Crippen molar-refractivity contribution in [1.82, 2.24) is 4.90 Å². The molecule has 0 aliphatic carbocycles. The Morgan fingerprint density at radius 1 is 0.889 bits per heavy atom. The van der Waals surface area contributed by atoms with Gasteiger partial charge in [-0.25, -0.2) is 4.39 Å². The molecule has 3 aromatic rings. The highest BCUT2D eigenvalue weighted by atomic mass is 19.1. The molecule has 0 aromatic heterocycles. The number of aliphatic hydroxyl groups excluding tert-OH is 2. The summed E-state index contributed by atoms with van der Waals surface area (Å²) in [5.41, 5.74) is 1.85. The van der Waals surface area contributed by atoms with E-state index in [0.717, 1.165) is 11.1 Å². The van der Waals surface area contributed by atoms with Crippen LogP contribution >= 0.6 is 0 Å². The van der Waals surface area contributed by atoms with E-state index in [-0.39, 0.29) is 48.5 Å². The smallest absolute Gasteiger partial charge is 0.309 e. The van der Waals surface area contributed by atoms with Gasteiger partial charge in [0.2, 0.25) is 5.91 Å². The van der Waals surface area contributed by atoms with Crippen molar-refractivity contribution in [3.63, 3.8) is 0 Å². The number of carboxylic acid groups (broad SMARTS) is 1. The fourth-order valence-electron chi connectivity index (χ4n) is 7.22. The van der Waals surface area contributed by atoms with Crippen LogP contribution in [-0.2, 0) is 9.59 Å². The number of carbonyl (C=O) groups is 2. The van der Waals surface area contributed by atoms with Crippen molar-refractivity contribution in [2.24, 2.45) is 23.2 Å². The molecule has 1 saturated heterocycles. The minimum absolute atomic E-state index is 0.0354. The van der Waals surface area contributed by atoms with Crippen LogP contribution in [0.15, 0.2) is 84.9 Å². The average molecular weight is 619 g/mol. The third-order valence-corrected chi connectivity index (χ3v) is 9.08. The van der Waals surface area contributed by atoms with Gasteiger partial charge in [0.05, 0.1) is 24.0 Å².